The van der Waals surface area contributed by atoms with Gasteiger partial charge in [0.2, 0.25) is 0 Å². The third-order valence-electron chi connectivity index (χ3n) is 1.89. The van der Waals surface area contributed by atoms with E-state index in [2.05, 4.69) is 0 Å². The van der Waals surface area contributed by atoms with Crippen LogP contribution in [0.25, 0.3) is 0 Å². The highest BCUT2D eigenvalue weighted by atomic mass is 19.4. The highest BCUT2D eigenvalue weighted by Crippen LogP contribution is 2.21. The van der Waals surface area contributed by atoms with E-state index in [4.69, 9.17) is 4.74 Å². The molecular weight excluding hydrogens is 187 g/mol. The van der Waals surface area contributed by atoms with E-state index >= 15 is 0 Å². The number of alkyl halides is 3. The van der Waals surface area contributed by atoms with Crippen molar-refractivity contribution in [2.45, 2.75) is 25.1 Å². The molecule has 76 valence electrons. The number of nitrogens with one attached hydrogen (secondary N) is 1. The van der Waals surface area contributed by atoms with Crippen LogP contribution < -0.4 is 5.32 Å². The van der Waals surface area contributed by atoms with Gasteiger partial charge in [-0.25, -0.2) is 0 Å². The summed E-state index contributed by atoms with van der Waals surface area (Å²) in [5.74, 6) is -1.90. The highest BCUT2D eigenvalue weighted by molar-refractivity contribution is 5.82. The van der Waals surface area contributed by atoms with E-state index in [1.165, 1.54) is 6.92 Å². The Hall–Kier alpha value is -0.780. The van der Waals surface area contributed by atoms with E-state index in [9.17, 15) is 18.0 Å². The lowest BCUT2D eigenvalue weighted by atomic mass is 10.0. The van der Waals surface area contributed by atoms with Crippen molar-refractivity contribution in [2.75, 3.05) is 13.2 Å². The van der Waals surface area contributed by atoms with E-state index in [1.54, 1.807) is 0 Å². The number of hydrogen-bond donors (Lipinski definition) is 1. The van der Waals surface area contributed by atoms with Gasteiger partial charge < -0.3 is 10.1 Å². The molecule has 0 spiro atoms. The summed E-state index contributed by atoms with van der Waals surface area (Å²) in [5, 5.41) is 1.91. The Morgan fingerprint density at radius 2 is 2.15 bits per heavy atom. The fourth-order valence-corrected chi connectivity index (χ4v) is 1.11. The Morgan fingerprint density at radius 1 is 1.54 bits per heavy atom. The molecule has 0 aliphatic carbocycles. The van der Waals surface area contributed by atoms with Crippen LogP contribution in [0.3, 0.4) is 0 Å². The minimum absolute atomic E-state index is 0.134. The van der Waals surface area contributed by atoms with Gasteiger partial charge in [0.1, 0.15) is 0 Å². The Morgan fingerprint density at radius 3 is 2.54 bits per heavy atom. The molecule has 0 saturated carbocycles. The number of rotatable bonds is 1. The lowest BCUT2D eigenvalue weighted by molar-refractivity contribution is -0.175. The van der Waals surface area contributed by atoms with Crippen LogP contribution in [0.2, 0.25) is 0 Å². The maximum Gasteiger partial charge on any atom is 0.471 e. The Balaban J connectivity index is 2.53. The van der Waals surface area contributed by atoms with Crippen LogP contribution in [0.4, 0.5) is 13.2 Å². The Kier molecular flexibility index (Phi) is 2.51. The molecule has 0 bridgehead atoms. The Labute approximate surface area is 73.2 Å². The standard InChI is InChI=1S/C7H10F3NO2/c1-6(2-3-13-4-6)11-5(12)7(8,9)10/h2-4H2,1H3,(H,11,12). The first kappa shape index (κ1) is 10.3. The largest absolute Gasteiger partial charge is 0.471 e. The van der Waals surface area contributed by atoms with Crippen molar-refractivity contribution in [1.82, 2.24) is 5.32 Å². The fourth-order valence-electron chi connectivity index (χ4n) is 1.11. The van der Waals surface area contributed by atoms with Crippen molar-refractivity contribution < 1.29 is 22.7 Å². The van der Waals surface area contributed by atoms with Crippen molar-refractivity contribution in [3.63, 3.8) is 0 Å². The molecule has 3 nitrogen and oxygen atoms in total. The summed E-state index contributed by atoms with van der Waals surface area (Å²) < 4.78 is 40.4. The van der Waals surface area contributed by atoms with Crippen molar-refractivity contribution in [1.29, 1.82) is 0 Å². The monoisotopic (exact) mass is 197 g/mol. The normalized spacial score (nSPS) is 28.9. The quantitative estimate of drug-likeness (QED) is 0.676. The van der Waals surface area contributed by atoms with Gasteiger partial charge >= 0.3 is 12.1 Å². The van der Waals surface area contributed by atoms with E-state index < -0.39 is 17.6 Å². The molecule has 1 saturated heterocycles. The molecule has 1 N–H and O–H groups in total. The number of halogens is 3. The zero-order chi connectivity index (χ0) is 10.1. The average molecular weight is 197 g/mol. The van der Waals surface area contributed by atoms with Crippen LogP contribution in [0, 0.1) is 0 Å². The molecule has 1 fully saturated rings. The molecule has 6 heteroatoms. The predicted octanol–water partition coefficient (Wildman–Crippen LogP) is 0.844. The molecule has 0 radical (unpaired) electrons. The van der Waals surface area contributed by atoms with Gasteiger partial charge in [0.15, 0.2) is 0 Å². The first-order chi connectivity index (χ1) is 5.83. The molecule has 0 aromatic rings. The third kappa shape index (κ3) is 2.58. The van der Waals surface area contributed by atoms with Gasteiger partial charge in [0, 0.05) is 6.61 Å². The van der Waals surface area contributed by atoms with Crippen LogP contribution in [0.5, 0.6) is 0 Å². The van der Waals surface area contributed by atoms with E-state index in [-0.39, 0.29) is 6.61 Å². The first-order valence-corrected chi connectivity index (χ1v) is 3.81. The summed E-state index contributed by atoms with van der Waals surface area (Å²) >= 11 is 0. The van der Waals surface area contributed by atoms with E-state index in [0.717, 1.165) is 0 Å². The van der Waals surface area contributed by atoms with E-state index in [0.29, 0.717) is 13.0 Å². The molecule has 1 aliphatic heterocycles. The number of amides is 1. The summed E-state index contributed by atoms with van der Waals surface area (Å²) in [6.45, 7) is 2.05. The maximum absolute atomic E-state index is 11.8. The van der Waals surface area contributed by atoms with E-state index in [1.807, 2.05) is 5.32 Å². The average Bonchev–Trinajstić information content (AvgIpc) is 2.33. The van der Waals surface area contributed by atoms with Crippen molar-refractivity contribution in [3.8, 4) is 0 Å². The summed E-state index contributed by atoms with van der Waals surface area (Å²) in [4.78, 5) is 10.5. The maximum atomic E-state index is 11.8. The van der Waals surface area contributed by atoms with Gasteiger partial charge in [-0.05, 0) is 13.3 Å². The molecule has 1 atom stereocenters. The topological polar surface area (TPSA) is 38.3 Å². The van der Waals surface area contributed by atoms with Gasteiger partial charge in [-0.3, -0.25) is 4.79 Å². The number of carbonyl (C=O) groups is 1. The van der Waals surface area contributed by atoms with Crippen molar-refractivity contribution >= 4 is 5.91 Å². The minimum Gasteiger partial charge on any atom is -0.379 e. The lowest BCUT2D eigenvalue weighted by Gasteiger charge is -2.23. The molecule has 0 aromatic heterocycles. The predicted molar refractivity (Wildman–Crippen MR) is 38.0 cm³/mol. The number of carbonyl (C=O) groups excluding carboxylic acids is 1. The molecule has 1 rings (SSSR count). The van der Waals surface area contributed by atoms with Gasteiger partial charge in [0.25, 0.3) is 0 Å². The van der Waals surface area contributed by atoms with Crippen LogP contribution in [0.1, 0.15) is 13.3 Å². The molecular formula is C7H10F3NO2. The van der Waals surface area contributed by atoms with Gasteiger partial charge in [-0.1, -0.05) is 0 Å². The van der Waals surface area contributed by atoms with Gasteiger partial charge in [0.05, 0.1) is 12.1 Å². The number of ether oxygens (including phenoxy) is 1. The first-order valence-electron chi connectivity index (χ1n) is 3.81. The number of hydrogen-bond acceptors (Lipinski definition) is 2. The van der Waals surface area contributed by atoms with Gasteiger partial charge in [-0.15, -0.1) is 0 Å². The summed E-state index contributed by atoms with van der Waals surface area (Å²) in [6.07, 6.45) is -4.40. The summed E-state index contributed by atoms with van der Waals surface area (Å²) in [6, 6.07) is 0. The second-order valence-electron chi connectivity index (χ2n) is 3.32. The minimum atomic E-state index is -4.81. The molecule has 1 unspecified atom stereocenters. The zero-order valence-electron chi connectivity index (χ0n) is 7.07. The summed E-state index contributed by atoms with van der Waals surface area (Å²) in [7, 11) is 0. The van der Waals surface area contributed by atoms with Crippen LogP contribution in [-0.2, 0) is 9.53 Å². The smallest absolute Gasteiger partial charge is 0.379 e. The molecule has 1 amide bonds. The molecule has 0 aromatic carbocycles. The molecule has 13 heavy (non-hydrogen) atoms. The van der Waals surface area contributed by atoms with Crippen LogP contribution in [-0.4, -0.2) is 30.8 Å². The molecule has 1 aliphatic rings. The van der Waals surface area contributed by atoms with Crippen molar-refractivity contribution in [2.24, 2.45) is 0 Å². The molecule has 1 heterocycles. The zero-order valence-corrected chi connectivity index (χ0v) is 7.07. The fraction of sp³-hybridized carbons (Fsp3) is 0.857. The highest BCUT2D eigenvalue weighted by Gasteiger charge is 2.43. The van der Waals surface area contributed by atoms with Crippen molar-refractivity contribution in [3.05, 3.63) is 0 Å². The second kappa shape index (κ2) is 3.17. The third-order valence-corrected chi connectivity index (χ3v) is 1.89. The SMILES string of the molecule is CC1(NC(=O)C(F)(F)F)CCOC1. The second-order valence-corrected chi connectivity index (χ2v) is 3.32. The summed E-state index contributed by atoms with van der Waals surface area (Å²) in [5.41, 5.74) is -0.868. The van der Waals surface area contributed by atoms with Gasteiger partial charge in [-0.2, -0.15) is 13.2 Å². The Bertz CT molecular complexity index is 208. The van der Waals surface area contributed by atoms with Crippen LogP contribution in [0.15, 0.2) is 0 Å². The van der Waals surface area contributed by atoms with Crippen LogP contribution >= 0.6 is 0 Å². The lowest BCUT2D eigenvalue weighted by Crippen LogP contribution is -2.51.